The molecule has 24 heteroatoms. The third kappa shape index (κ3) is 18.4. The maximum atomic E-state index is 14.6. The van der Waals surface area contributed by atoms with Crippen molar-refractivity contribution in [3.63, 3.8) is 0 Å². The number of likely N-dealkylation sites (tertiary alicyclic amines) is 1. The van der Waals surface area contributed by atoms with Gasteiger partial charge in [-0.2, -0.15) is 0 Å². The lowest BCUT2D eigenvalue weighted by molar-refractivity contribution is -0.141. The van der Waals surface area contributed by atoms with Crippen LogP contribution in [-0.4, -0.2) is 143 Å². The molecule has 1 aliphatic heterocycles. The first-order valence-electron chi connectivity index (χ1n) is 25.4. The van der Waals surface area contributed by atoms with Crippen LogP contribution in [0.1, 0.15) is 103 Å². The van der Waals surface area contributed by atoms with Crippen molar-refractivity contribution in [3.8, 4) is 0 Å². The number of ether oxygens (including phenoxy) is 1. The Bertz CT molecular complexity index is 2480. The van der Waals surface area contributed by atoms with E-state index in [1.165, 1.54) is 42.5 Å². The highest BCUT2D eigenvalue weighted by molar-refractivity contribution is 5.96. The Morgan fingerprint density at radius 1 is 0.720 bits per heavy atom. The summed E-state index contributed by atoms with van der Waals surface area (Å²) in [4.78, 5) is 133. The standard InChI is InChI=1S/C51H75N15O9/c1-8-30(4)43(48(72)61-37(44(53)68)19-32-23-54-26-57-32)65-42(67)22-35(52)36(17-29(2)3)60-46(70)39(20-33-24-55-27-58-33)62-45(69)38(18-31-13-10-9-11-14-31)63-47(71)41-15-12-16-66(41)49(73)40(21-34-25-56-28-59-34)64-50(74)75-51(5,6)7/h9-11,13-14,23-30,35-41,43H,8,12,15-22,52H2,1-7H3,(H2,53,68)(H,54,57)(H,55,58)(H,56,59)(H,60,70)(H,61,72)(H,62,69)(H,63,71)(H,64,74)(H,65,67)/t30-,35-,36-,37-,38-,39-,40-,41-,43-/m0/s1. The van der Waals surface area contributed by atoms with Gasteiger partial charge in [0.2, 0.25) is 41.4 Å². The van der Waals surface area contributed by atoms with Gasteiger partial charge < -0.3 is 68.0 Å². The molecule has 4 heterocycles. The van der Waals surface area contributed by atoms with E-state index in [1.807, 2.05) is 26.8 Å². The van der Waals surface area contributed by atoms with Crippen LogP contribution in [0.15, 0.2) is 67.9 Å². The first-order valence-corrected chi connectivity index (χ1v) is 25.4. The van der Waals surface area contributed by atoms with Crippen molar-refractivity contribution in [2.75, 3.05) is 6.54 Å². The lowest BCUT2D eigenvalue weighted by Gasteiger charge is -2.31. The maximum Gasteiger partial charge on any atom is 0.408 e. The van der Waals surface area contributed by atoms with Crippen molar-refractivity contribution in [1.29, 1.82) is 0 Å². The Labute approximate surface area is 436 Å². The summed E-state index contributed by atoms with van der Waals surface area (Å²) < 4.78 is 5.46. The zero-order valence-corrected chi connectivity index (χ0v) is 43.8. The van der Waals surface area contributed by atoms with Crippen LogP contribution < -0.4 is 43.4 Å². The van der Waals surface area contributed by atoms with Crippen LogP contribution in [-0.2, 0) is 64.0 Å². The highest BCUT2D eigenvalue weighted by atomic mass is 16.6. The normalized spacial score (nSPS) is 16.8. The van der Waals surface area contributed by atoms with Crippen molar-refractivity contribution in [3.05, 3.63) is 90.5 Å². The van der Waals surface area contributed by atoms with Gasteiger partial charge in [0.25, 0.3) is 0 Å². The number of benzene rings is 1. The second-order valence-corrected chi connectivity index (χ2v) is 20.6. The molecule has 5 rings (SSSR count). The summed E-state index contributed by atoms with van der Waals surface area (Å²) in [7, 11) is 0. The van der Waals surface area contributed by atoms with Gasteiger partial charge in [0.1, 0.15) is 41.9 Å². The fourth-order valence-corrected chi connectivity index (χ4v) is 8.72. The van der Waals surface area contributed by atoms with Gasteiger partial charge in [-0.3, -0.25) is 33.6 Å². The van der Waals surface area contributed by atoms with E-state index in [0.717, 1.165) is 0 Å². The lowest BCUT2D eigenvalue weighted by atomic mass is 9.94. The van der Waals surface area contributed by atoms with Gasteiger partial charge in [-0.25, -0.2) is 19.7 Å². The van der Waals surface area contributed by atoms with E-state index in [0.29, 0.717) is 41.9 Å². The monoisotopic (exact) mass is 1040 g/mol. The molecule has 4 aromatic rings. The number of H-pyrrole nitrogens is 3. The second-order valence-electron chi connectivity index (χ2n) is 20.6. The molecule has 3 aromatic heterocycles. The minimum Gasteiger partial charge on any atom is -0.444 e. The molecule has 408 valence electrons. The predicted molar refractivity (Wildman–Crippen MR) is 275 cm³/mol. The van der Waals surface area contributed by atoms with Crippen molar-refractivity contribution < 1.29 is 43.1 Å². The highest BCUT2D eigenvalue weighted by Crippen LogP contribution is 2.21. The highest BCUT2D eigenvalue weighted by Gasteiger charge is 2.40. The van der Waals surface area contributed by atoms with E-state index in [2.05, 4.69) is 61.8 Å². The van der Waals surface area contributed by atoms with Crippen LogP contribution in [0.25, 0.3) is 0 Å². The van der Waals surface area contributed by atoms with E-state index in [1.54, 1.807) is 52.0 Å². The number of amides is 8. The number of aromatic nitrogens is 6. The van der Waals surface area contributed by atoms with Crippen LogP contribution in [0.2, 0.25) is 0 Å². The molecule has 24 nitrogen and oxygen atoms in total. The Balaban J connectivity index is 1.32. The van der Waals surface area contributed by atoms with Crippen LogP contribution in [0, 0.1) is 11.8 Å². The summed E-state index contributed by atoms with van der Waals surface area (Å²) in [5.74, 6) is -4.83. The van der Waals surface area contributed by atoms with E-state index in [4.69, 9.17) is 16.2 Å². The average Bonchev–Trinajstić information content (AvgIpc) is 4.21. The molecular formula is C51H75N15O9. The number of nitrogens with zero attached hydrogens (tertiary/aromatic N) is 4. The van der Waals surface area contributed by atoms with Crippen LogP contribution in [0.5, 0.6) is 0 Å². The summed E-state index contributed by atoms with van der Waals surface area (Å²) in [5, 5.41) is 16.8. The summed E-state index contributed by atoms with van der Waals surface area (Å²) >= 11 is 0. The quantitative estimate of drug-likeness (QED) is 0.0393. The molecule has 0 saturated carbocycles. The first kappa shape index (κ1) is 58.3. The molecule has 1 aliphatic rings. The van der Waals surface area contributed by atoms with Gasteiger partial charge in [0.05, 0.1) is 19.0 Å². The summed E-state index contributed by atoms with van der Waals surface area (Å²) in [6.45, 7) is 12.8. The molecule has 0 bridgehead atoms. The number of rotatable bonds is 27. The SMILES string of the molecule is CC[C@H](C)[C@H](NC(=O)C[C@H](N)[C@H](CC(C)C)NC(=O)[C@H](Cc1cnc[nH]1)NC(=O)[C@H](Cc1ccccc1)NC(=O)[C@@H]1CCCN1C(=O)[C@H](Cc1cnc[nH]1)NC(=O)OC(C)(C)C)C(=O)N[C@@H](Cc1cnc[nH]1)C(N)=O. The van der Waals surface area contributed by atoms with E-state index in [9.17, 15) is 38.4 Å². The topological polar surface area (TPSA) is 359 Å². The Morgan fingerprint density at radius 2 is 1.27 bits per heavy atom. The van der Waals surface area contributed by atoms with E-state index < -0.39 is 101 Å². The molecule has 0 unspecified atom stereocenters. The largest absolute Gasteiger partial charge is 0.444 e. The van der Waals surface area contributed by atoms with Crippen LogP contribution >= 0.6 is 0 Å². The van der Waals surface area contributed by atoms with Crippen molar-refractivity contribution in [2.24, 2.45) is 23.3 Å². The van der Waals surface area contributed by atoms with Crippen molar-refractivity contribution in [1.82, 2.24) is 66.7 Å². The summed E-state index contributed by atoms with van der Waals surface area (Å²) in [6, 6.07) is 0.411. The number of alkyl carbamates (subject to hydrolysis) is 1. The number of nitrogens with two attached hydrogens (primary N) is 2. The molecule has 0 radical (unpaired) electrons. The predicted octanol–water partition coefficient (Wildman–Crippen LogP) is 0.730. The maximum absolute atomic E-state index is 14.6. The van der Waals surface area contributed by atoms with Gasteiger partial charge in [0, 0.05) is 86.4 Å². The fourth-order valence-electron chi connectivity index (χ4n) is 8.72. The third-order valence-electron chi connectivity index (χ3n) is 12.8. The van der Waals surface area contributed by atoms with Gasteiger partial charge in [0.15, 0.2) is 0 Å². The van der Waals surface area contributed by atoms with Gasteiger partial charge in [-0.05, 0) is 57.4 Å². The smallest absolute Gasteiger partial charge is 0.408 e. The van der Waals surface area contributed by atoms with E-state index in [-0.39, 0.29) is 56.9 Å². The number of nitrogens with one attached hydrogen (secondary N) is 9. The molecule has 1 fully saturated rings. The number of aromatic amines is 3. The van der Waals surface area contributed by atoms with E-state index >= 15 is 0 Å². The zero-order valence-electron chi connectivity index (χ0n) is 43.8. The Hall–Kier alpha value is -7.63. The Kier molecular flexibility index (Phi) is 21.4. The average molecular weight is 1040 g/mol. The lowest BCUT2D eigenvalue weighted by Crippen LogP contribution is -2.60. The fraction of sp³-hybridized carbons (Fsp3) is 0.549. The summed E-state index contributed by atoms with van der Waals surface area (Å²) in [6.07, 6.45) is 9.34. The Morgan fingerprint density at radius 3 is 1.80 bits per heavy atom. The number of hydrogen-bond donors (Lipinski definition) is 11. The molecule has 0 aliphatic carbocycles. The van der Waals surface area contributed by atoms with Crippen LogP contribution in [0.3, 0.4) is 0 Å². The second kappa shape index (κ2) is 27.6. The number of carbonyl (C=O) groups excluding carboxylic acids is 8. The molecule has 1 saturated heterocycles. The number of primary amides is 1. The molecular weight excluding hydrogens is 967 g/mol. The van der Waals surface area contributed by atoms with Gasteiger partial charge >= 0.3 is 6.09 Å². The van der Waals surface area contributed by atoms with Gasteiger partial charge in [-0.1, -0.05) is 64.4 Å². The summed E-state index contributed by atoms with van der Waals surface area (Å²) in [5.41, 5.74) is 13.8. The zero-order chi connectivity index (χ0) is 54.8. The van der Waals surface area contributed by atoms with Crippen molar-refractivity contribution in [2.45, 2.75) is 160 Å². The molecule has 75 heavy (non-hydrogen) atoms. The first-order chi connectivity index (χ1) is 35.6. The molecule has 13 N–H and O–H groups in total. The molecule has 1 aromatic carbocycles. The third-order valence-corrected chi connectivity index (χ3v) is 12.8. The molecule has 0 spiro atoms. The minimum absolute atomic E-state index is 0.0131. The molecule has 8 amide bonds. The van der Waals surface area contributed by atoms with Crippen LogP contribution in [0.4, 0.5) is 4.79 Å². The van der Waals surface area contributed by atoms with Gasteiger partial charge in [-0.15, -0.1) is 0 Å². The minimum atomic E-state index is -1.26. The number of hydrogen-bond acceptors (Lipinski definition) is 13. The van der Waals surface area contributed by atoms with Crippen molar-refractivity contribution >= 4 is 47.4 Å². The number of imidazole rings is 3. The number of carbonyl (C=O) groups is 8. The molecule has 9 atom stereocenters.